The van der Waals surface area contributed by atoms with E-state index in [-0.39, 0.29) is 11.4 Å². The Morgan fingerprint density at radius 2 is 1.95 bits per heavy atom. The van der Waals surface area contributed by atoms with Crippen molar-refractivity contribution in [2.45, 2.75) is 57.3 Å². The van der Waals surface area contributed by atoms with Crippen LogP contribution in [0.1, 0.15) is 39.7 Å². The summed E-state index contributed by atoms with van der Waals surface area (Å²) in [6.07, 6.45) is 0.987. The molecule has 2 nitrogen and oxygen atoms in total. The fraction of sp³-hybridized carbons (Fsp3) is 0.600. The summed E-state index contributed by atoms with van der Waals surface area (Å²) in [4.78, 5) is 0. The van der Waals surface area contributed by atoms with E-state index in [1.165, 1.54) is 12.1 Å². The first-order valence-electron chi connectivity index (χ1n) is 6.41. The van der Waals surface area contributed by atoms with E-state index in [9.17, 15) is 9.50 Å². The molecule has 1 aromatic carbocycles. The number of aliphatic hydroxyl groups is 1. The summed E-state index contributed by atoms with van der Waals surface area (Å²) in [5.41, 5.74) is -1.07. The normalized spacial score (nSPS) is 28.6. The lowest BCUT2D eigenvalue weighted by atomic mass is 9.78. The Morgan fingerprint density at radius 1 is 1.32 bits per heavy atom. The topological polar surface area (TPSA) is 29.5 Å². The maximum atomic E-state index is 13.1. The third-order valence-electron chi connectivity index (χ3n) is 3.87. The van der Waals surface area contributed by atoms with Gasteiger partial charge in [-0.05, 0) is 45.4 Å². The minimum atomic E-state index is -0.961. The molecule has 1 atom stereocenters. The predicted molar refractivity (Wildman–Crippen MR) is 76.6 cm³/mol. The van der Waals surface area contributed by atoms with Crippen molar-refractivity contribution in [3.05, 3.63) is 34.1 Å². The summed E-state index contributed by atoms with van der Waals surface area (Å²) in [5.74, 6) is -0.287. The van der Waals surface area contributed by atoms with Gasteiger partial charge in [0.15, 0.2) is 0 Å². The van der Waals surface area contributed by atoms with Gasteiger partial charge in [-0.25, -0.2) is 4.39 Å². The third kappa shape index (κ3) is 2.86. The highest BCUT2D eigenvalue weighted by Gasteiger charge is 2.56. The van der Waals surface area contributed by atoms with E-state index in [1.54, 1.807) is 6.07 Å². The molecule has 19 heavy (non-hydrogen) atoms. The van der Waals surface area contributed by atoms with Crippen molar-refractivity contribution in [2.75, 3.05) is 0 Å². The minimum absolute atomic E-state index is 0.287. The van der Waals surface area contributed by atoms with Gasteiger partial charge >= 0.3 is 0 Å². The van der Waals surface area contributed by atoms with Crippen molar-refractivity contribution in [3.63, 3.8) is 0 Å². The lowest BCUT2D eigenvalue weighted by molar-refractivity contribution is -0.125. The molecule has 0 spiro atoms. The average molecular weight is 331 g/mol. The average Bonchev–Trinajstić information content (AvgIpc) is 2.35. The standard InChI is InChI=1S/C15H20BrFO2/c1-13(2)9-15(18,14(3,4)19-13)8-10-5-6-11(17)7-12(10)16/h5-7,18H,8-9H2,1-4H3. The van der Waals surface area contributed by atoms with Gasteiger partial charge in [-0.2, -0.15) is 0 Å². The summed E-state index contributed by atoms with van der Waals surface area (Å²) < 4.78 is 19.7. The number of hydrogen-bond donors (Lipinski definition) is 1. The summed E-state index contributed by atoms with van der Waals surface area (Å²) in [6, 6.07) is 4.54. The van der Waals surface area contributed by atoms with Gasteiger partial charge in [0.05, 0.1) is 16.8 Å². The van der Waals surface area contributed by atoms with Crippen molar-refractivity contribution in [1.82, 2.24) is 0 Å². The smallest absolute Gasteiger partial charge is 0.124 e. The number of benzene rings is 1. The Kier molecular flexibility index (Phi) is 3.57. The molecule has 1 aliphatic rings. The van der Waals surface area contributed by atoms with E-state index in [2.05, 4.69) is 15.9 Å². The van der Waals surface area contributed by atoms with Crippen LogP contribution >= 0.6 is 15.9 Å². The Morgan fingerprint density at radius 3 is 2.42 bits per heavy atom. The van der Waals surface area contributed by atoms with Gasteiger partial charge in [0.25, 0.3) is 0 Å². The molecule has 4 heteroatoms. The van der Waals surface area contributed by atoms with Crippen LogP contribution in [0.25, 0.3) is 0 Å². The summed E-state index contributed by atoms with van der Waals surface area (Å²) >= 11 is 3.35. The molecule has 1 unspecified atom stereocenters. The van der Waals surface area contributed by atoms with E-state index >= 15 is 0 Å². The molecular formula is C15H20BrFO2. The van der Waals surface area contributed by atoms with Crippen LogP contribution in [0.4, 0.5) is 4.39 Å². The van der Waals surface area contributed by atoms with Crippen LogP contribution in [-0.4, -0.2) is 21.9 Å². The number of halogens is 2. The maximum Gasteiger partial charge on any atom is 0.124 e. The van der Waals surface area contributed by atoms with E-state index < -0.39 is 11.2 Å². The van der Waals surface area contributed by atoms with Crippen molar-refractivity contribution in [1.29, 1.82) is 0 Å². The highest BCUT2D eigenvalue weighted by Crippen LogP contribution is 2.47. The SMILES string of the molecule is CC1(C)CC(O)(Cc2ccc(F)cc2Br)C(C)(C)O1. The second-order valence-electron chi connectivity index (χ2n) is 6.49. The fourth-order valence-electron chi connectivity index (χ4n) is 2.99. The predicted octanol–water partition coefficient (Wildman–Crippen LogP) is 3.84. The van der Waals surface area contributed by atoms with Gasteiger partial charge < -0.3 is 9.84 Å². The largest absolute Gasteiger partial charge is 0.386 e. The second-order valence-corrected chi connectivity index (χ2v) is 7.35. The summed E-state index contributed by atoms with van der Waals surface area (Å²) in [5, 5.41) is 11.0. The Hall–Kier alpha value is -0.450. The molecular weight excluding hydrogens is 311 g/mol. The van der Waals surface area contributed by atoms with Gasteiger partial charge in [0, 0.05) is 17.3 Å². The molecule has 0 amide bonds. The molecule has 1 aliphatic heterocycles. The summed E-state index contributed by atoms with van der Waals surface area (Å²) in [7, 11) is 0. The minimum Gasteiger partial charge on any atom is -0.386 e. The molecule has 0 aliphatic carbocycles. The molecule has 1 heterocycles. The van der Waals surface area contributed by atoms with Crippen molar-refractivity contribution in [2.24, 2.45) is 0 Å². The van der Waals surface area contributed by atoms with Crippen LogP contribution < -0.4 is 0 Å². The second kappa shape index (κ2) is 4.54. The molecule has 2 rings (SSSR count). The van der Waals surface area contributed by atoms with Crippen LogP contribution in [0.5, 0.6) is 0 Å². The van der Waals surface area contributed by atoms with Crippen molar-refractivity contribution >= 4 is 15.9 Å². The summed E-state index contributed by atoms with van der Waals surface area (Å²) in [6.45, 7) is 7.76. The molecule has 1 fully saturated rings. The number of rotatable bonds is 2. The Bertz CT molecular complexity index is 499. The first kappa shape index (κ1) is 14.9. The van der Waals surface area contributed by atoms with Crippen LogP contribution in [0.3, 0.4) is 0 Å². The van der Waals surface area contributed by atoms with E-state index in [0.717, 1.165) is 5.56 Å². The molecule has 1 saturated heterocycles. The molecule has 0 aromatic heterocycles. The molecule has 0 saturated carbocycles. The van der Waals surface area contributed by atoms with E-state index in [0.29, 0.717) is 17.3 Å². The van der Waals surface area contributed by atoms with Gasteiger partial charge in [0.2, 0.25) is 0 Å². The van der Waals surface area contributed by atoms with Gasteiger partial charge in [-0.3, -0.25) is 0 Å². The van der Waals surface area contributed by atoms with Crippen molar-refractivity contribution < 1.29 is 14.2 Å². The Labute approximate surface area is 122 Å². The Balaban J connectivity index is 2.31. The highest BCUT2D eigenvalue weighted by molar-refractivity contribution is 9.10. The molecule has 106 valence electrons. The number of ether oxygens (including phenoxy) is 1. The van der Waals surface area contributed by atoms with Crippen LogP contribution in [0.15, 0.2) is 22.7 Å². The van der Waals surface area contributed by atoms with Gasteiger partial charge in [-0.15, -0.1) is 0 Å². The van der Waals surface area contributed by atoms with Gasteiger partial charge in [0.1, 0.15) is 5.82 Å². The first-order chi connectivity index (χ1) is 8.55. The molecule has 0 radical (unpaired) electrons. The van der Waals surface area contributed by atoms with Crippen LogP contribution in [0.2, 0.25) is 0 Å². The molecule has 1 aromatic rings. The zero-order valence-corrected chi connectivity index (χ0v) is 13.3. The van der Waals surface area contributed by atoms with E-state index in [1.807, 2.05) is 27.7 Å². The highest BCUT2D eigenvalue weighted by atomic mass is 79.9. The fourth-order valence-corrected chi connectivity index (χ4v) is 3.49. The van der Waals surface area contributed by atoms with Crippen LogP contribution in [-0.2, 0) is 11.2 Å². The van der Waals surface area contributed by atoms with Crippen molar-refractivity contribution in [3.8, 4) is 0 Å². The third-order valence-corrected chi connectivity index (χ3v) is 4.61. The lowest BCUT2D eigenvalue weighted by Crippen LogP contribution is -2.48. The number of hydrogen-bond acceptors (Lipinski definition) is 2. The zero-order valence-electron chi connectivity index (χ0n) is 11.8. The maximum absolute atomic E-state index is 13.1. The zero-order chi connectivity index (χ0) is 14.5. The molecule has 0 bridgehead atoms. The quantitative estimate of drug-likeness (QED) is 0.892. The lowest BCUT2D eigenvalue weighted by Gasteiger charge is -2.35. The monoisotopic (exact) mass is 330 g/mol. The molecule has 1 N–H and O–H groups in total. The first-order valence-corrected chi connectivity index (χ1v) is 7.21. The van der Waals surface area contributed by atoms with E-state index in [4.69, 9.17) is 4.74 Å². The van der Waals surface area contributed by atoms with Gasteiger partial charge in [-0.1, -0.05) is 22.0 Å². The van der Waals surface area contributed by atoms with Crippen LogP contribution in [0, 0.1) is 5.82 Å².